The van der Waals surface area contributed by atoms with Gasteiger partial charge < -0.3 is 0 Å². The van der Waals surface area contributed by atoms with Crippen molar-refractivity contribution in [2.24, 2.45) is 4.36 Å². The summed E-state index contributed by atoms with van der Waals surface area (Å²) in [6.07, 6.45) is 0. The van der Waals surface area contributed by atoms with Crippen LogP contribution in [0, 0.1) is 0 Å². The molecule has 1 aromatic rings. The van der Waals surface area contributed by atoms with Gasteiger partial charge in [0.1, 0.15) is 0 Å². The Hall–Kier alpha value is -1.29. The van der Waals surface area contributed by atoms with E-state index in [2.05, 4.69) is 4.36 Å². The molecule has 0 aliphatic heterocycles. The quantitative estimate of drug-likeness (QED) is 0.631. The molecule has 3 nitrogen and oxygen atoms in total. The minimum Gasteiger partial charge on any atom is -0.266 e. The Morgan fingerprint density at radius 1 is 1.27 bits per heavy atom. The highest BCUT2D eigenvalue weighted by atomic mass is 32.1. The van der Waals surface area contributed by atoms with Crippen LogP contribution in [0.15, 0.2) is 34.7 Å². The van der Waals surface area contributed by atoms with E-state index >= 15 is 0 Å². The molecule has 0 aliphatic carbocycles. The fraction of sp³-hybridized carbons (Fsp3) is 0. The van der Waals surface area contributed by atoms with E-state index in [-0.39, 0.29) is 11.5 Å². The van der Waals surface area contributed by atoms with Gasteiger partial charge in [-0.15, -0.1) is 4.36 Å². The van der Waals surface area contributed by atoms with Gasteiger partial charge in [0, 0.05) is 5.56 Å². The maximum absolute atomic E-state index is 10.9. The molecule has 0 N–H and O–H groups in total. The molecule has 0 aromatic heterocycles. The lowest BCUT2D eigenvalue weighted by Crippen LogP contribution is -1.91. The van der Waals surface area contributed by atoms with Crippen LogP contribution >= 0.6 is 0 Å². The molecule has 0 saturated carbocycles. The molecule has 1 aromatic carbocycles. The fourth-order valence-corrected chi connectivity index (χ4v) is 0.840. The summed E-state index contributed by atoms with van der Waals surface area (Å²) in [6.45, 7) is 0. The third-order valence-electron chi connectivity index (χ3n) is 1.14. The van der Waals surface area contributed by atoms with Crippen LogP contribution in [0.3, 0.4) is 0 Å². The monoisotopic (exact) mass is 167 g/mol. The van der Waals surface area contributed by atoms with Crippen LogP contribution in [0.2, 0.25) is 0 Å². The van der Waals surface area contributed by atoms with Crippen LogP contribution in [0.25, 0.3) is 0 Å². The smallest absolute Gasteiger partial charge is 0.266 e. The van der Waals surface area contributed by atoms with E-state index in [1.807, 2.05) is 0 Å². The largest absolute Gasteiger partial charge is 0.290 e. The zero-order valence-electron chi connectivity index (χ0n) is 5.56. The Labute approximate surface area is 67.3 Å². The van der Waals surface area contributed by atoms with E-state index in [9.17, 15) is 9.00 Å². The molecule has 0 unspecified atom stereocenters. The number of hydrogen-bond acceptors (Lipinski definition) is 2. The number of amides is 1. The highest BCUT2D eigenvalue weighted by Crippen LogP contribution is 1.99. The molecule has 11 heavy (non-hydrogen) atoms. The van der Waals surface area contributed by atoms with Crippen molar-refractivity contribution in [1.29, 1.82) is 0 Å². The van der Waals surface area contributed by atoms with Gasteiger partial charge in [0.05, 0.1) is 0 Å². The van der Waals surface area contributed by atoms with Gasteiger partial charge in [0.25, 0.3) is 5.91 Å². The van der Waals surface area contributed by atoms with Crippen molar-refractivity contribution >= 4 is 17.4 Å². The van der Waals surface area contributed by atoms with Crippen LogP contribution < -0.4 is 0 Å². The predicted molar refractivity (Wildman–Crippen MR) is 41.3 cm³/mol. The summed E-state index contributed by atoms with van der Waals surface area (Å²) in [5, 5.41) is 0. The van der Waals surface area contributed by atoms with Gasteiger partial charge in [0.15, 0.2) is 0 Å². The molecule has 0 aliphatic rings. The van der Waals surface area contributed by atoms with Crippen LogP contribution in [0.1, 0.15) is 10.4 Å². The zero-order chi connectivity index (χ0) is 8.10. The number of rotatable bonds is 1. The molecular weight excluding hydrogens is 162 g/mol. The fourth-order valence-electron chi connectivity index (χ4n) is 0.667. The molecule has 56 valence electrons. The predicted octanol–water partition coefficient (Wildman–Crippen LogP) is 1.22. The number of hydrogen-bond donors (Lipinski definition) is 0. The van der Waals surface area contributed by atoms with Crippen LogP contribution in [-0.4, -0.2) is 10.1 Å². The number of benzene rings is 1. The van der Waals surface area contributed by atoms with Crippen LogP contribution in [-0.2, 0) is 11.5 Å². The Morgan fingerprint density at radius 3 is 2.45 bits per heavy atom. The first-order chi connectivity index (χ1) is 5.34. The molecule has 0 heterocycles. The lowest BCUT2D eigenvalue weighted by molar-refractivity contribution is 0.101. The number of carbonyl (C=O) groups excluding carboxylic acids is 1. The molecule has 0 saturated heterocycles. The second kappa shape index (κ2) is 3.78. The molecule has 0 bridgehead atoms. The molecular formula is C7H5NO2S. The topological polar surface area (TPSA) is 46.5 Å². The maximum Gasteiger partial charge on any atom is 0.290 e. The minimum atomic E-state index is -0.481. The van der Waals surface area contributed by atoms with E-state index in [0.29, 0.717) is 5.56 Å². The summed E-state index contributed by atoms with van der Waals surface area (Å²) in [5.41, 5.74) is 0.441. The van der Waals surface area contributed by atoms with E-state index < -0.39 is 5.91 Å². The van der Waals surface area contributed by atoms with Gasteiger partial charge in [-0.1, -0.05) is 18.2 Å². The third-order valence-corrected chi connectivity index (χ3v) is 1.38. The van der Waals surface area contributed by atoms with Crippen molar-refractivity contribution in [3.63, 3.8) is 0 Å². The molecule has 0 atom stereocenters. The first-order valence-electron chi connectivity index (χ1n) is 2.94. The average Bonchev–Trinajstić information content (AvgIpc) is 2.07. The lowest BCUT2D eigenvalue weighted by Gasteiger charge is -1.88. The van der Waals surface area contributed by atoms with Gasteiger partial charge in [-0.3, -0.25) is 4.79 Å². The third kappa shape index (κ3) is 2.09. The molecule has 0 radical (unpaired) electrons. The molecule has 1 rings (SSSR count). The van der Waals surface area contributed by atoms with Gasteiger partial charge >= 0.3 is 0 Å². The Bertz CT molecular complexity index is 303. The van der Waals surface area contributed by atoms with Gasteiger partial charge in [0.2, 0.25) is 11.5 Å². The highest BCUT2D eigenvalue weighted by molar-refractivity contribution is 7.55. The zero-order valence-corrected chi connectivity index (χ0v) is 6.38. The Morgan fingerprint density at radius 2 is 1.91 bits per heavy atom. The maximum atomic E-state index is 10.9. The standard InChI is InChI=1S/C7H5NO2S/c9-7(8-11-10)6-4-2-1-3-5-6/h1-5H. The van der Waals surface area contributed by atoms with Gasteiger partial charge in [-0.25, -0.2) is 0 Å². The van der Waals surface area contributed by atoms with Crippen molar-refractivity contribution < 1.29 is 9.00 Å². The lowest BCUT2D eigenvalue weighted by atomic mass is 10.2. The minimum absolute atomic E-state index is 0.0700. The first kappa shape index (κ1) is 7.81. The molecule has 1 amide bonds. The second-order valence-corrected chi connectivity index (χ2v) is 2.17. The van der Waals surface area contributed by atoms with E-state index in [1.165, 1.54) is 0 Å². The molecule has 0 fully saturated rings. The Balaban J connectivity index is 2.94. The summed E-state index contributed by atoms with van der Waals surface area (Å²) in [4.78, 5) is 10.9. The summed E-state index contributed by atoms with van der Waals surface area (Å²) < 4.78 is 13.0. The molecule has 0 spiro atoms. The van der Waals surface area contributed by atoms with Crippen molar-refractivity contribution in [3.8, 4) is 0 Å². The van der Waals surface area contributed by atoms with E-state index in [0.717, 1.165) is 0 Å². The van der Waals surface area contributed by atoms with E-state index in [4.69, 9.17) is 0 Å². The normalized spacial score (nSPS) is 8.73. The number of carbonyl (C=O) groups is 1. The average molecular weight is 167 g/mol. The van der Waals surface area contributed by atoms with Crippen molar-refractivity contribution in [3.05, 3.63) is 35.9 Å². The first-order valence-corrected chi connectivity index (χ1v) is 3.64. The van der Waals surface area contributed by atoms with Crippen molar-refractivity contribution in [2.75, 3.05) is 0 Å². The van der Waals surface area contributed by atoms with Crippen molar-refractivity contribution in [2.45, 2.75) is 0 Å². The summed E-state index contributed by atoms with van der Waals surface area (Å²) in [7, 11) is 0. The summed E-state index contributed by atoms with van der Waals surface area (Å²) in [6, 6.07) is 8.46. The SMILES string of the molecule is O=S=NC(=O)c1ccccc1. The van der Waals surface area contributed by atoms with E-state index in [1.54, 1.807) is 30.3 Å². The van der Waals surface area contributed by atoms with Gasteiger partial charge in [-0.2, -0.15) is 4.21 Å². The van der Waals surface area contributed by atoms with Crippen molar-refractivity contribution in [1.82, 2.24) is 0 Å². The Kier molecular flexibility index (Phi) is 2.68. The summed E-state index contributed by atoms with van der Waals surface area (Å²) >= 11 is -0.0700. The van der Waals surface area contributed by atoms with Gasteiger partial charge in [-0.05, 0) is 12.1 Å². The molecule has 4 heteroatoms. The van der Waals surface area contributed by atoms with Crippen LogP contribution in [0.4, 0.5) is 0 Å². The van der Waals surface area contributed by atoms with Crippen LogP contribution in [0.5, 0.6) is 0 Å². The number of nitrogens with zero attached hydrogens (tertiary/aromatic N) is 1. The highest BCUT2D eigenvalue weighted by Gasteiger charge is 1.99. The second-order valence-electron chi connectivity index (χ2n) is 1.84. The summed E-state index contributed by atoms with van der Waals surface area (Å²) in [5.74, 6) is -0.481.